The van der Waals surface area contributed by atoms with Gasteiger partial charge in [0, 0.05) is 23.7 Å². The monoisotopic (exact) mass is 408 g/mol. The number of carbonyl (C=O) groups excluding carboxylic acids is 1. The zero-order chi connectivity index (χ0) is 18.4. The van der Waals surface area contributed by atoms with Crippen LogP contribution in [0.3, 0.4) is 0 Å². The van der Waals surface area contributed by atoms with E-state index in [-0.39, 0.29) is 18.3 Å². The molecule has 2 aromatic rings. The molecule has 1 amide bonds. The first-order valence-corrected chi connectivity index (χ1v) is 9.44. The van der Waals surface area contributed by atoms with Crippen LogP contribution in [0.2, 0.25) is 5.02 Å². The number of likely N-dealkylation sites (tertiary alicyclic amines) is 1. The van der Waals surface area contributed by atoms with Gasteiger partial charge in [-0.2, -0.15) is 0 Å². The summed E-state index contributed by atoms with van der Waals surface area (Å²) >= 11 is 5.90. The SMILES string of the molecule is CNCC1CCN(C(=O)c2cccc(OCc3ccc(Cl)cc3)c2)CC1.Cl. The number of nitrogens with one attached hydrogen (secondary N) is 1. The summed E-state index contributed by atoms with van der Waals surface area (Å²) in [6.07, 6.45) is 2.11. The number of hydrogen-bond donors (Lipinski definition) is 1. The molecule has 1 fully saturated rings. The Balaban J connectivity index is 0.00000261. The minimum atomic E-state index is 0. The van der Waals surface area contributed by atoms with E-state index in [2.05, 4.69) is 5.32 Å². The van der Waals surface area contributed by atoms with Gasteiger partial charge in [-0.25, -0.2) is 0 Å². The Morgan fingerprint density at radius 3 is 2.56 bits per heavy atom. The van der Waals surface area contributed by atoms with E-state index in [9.17, 15) is 4.79 Å². The molecule has 0 spiro atoms. The second-order valence-electron chi connectivity index (χ2n) is 6.74. The van der Waals surface area contributed by atoms with E-state index in [0.29, 0.717) is 28.9 Å². The number of hydrogen-bond acceptors (Lipinski definition) is 3. The van der Waals surface area contributed by atoms with Crippen LogP contribution in [0.15, 0.2) is 48.5 Å². The quantitative estimate of drug-likeness (QED) is 0.769. The molecule has 0 bridgehead atoms. The Labute approximate surface area is 172 Å². The fourth-order valence-electron chi connectivity index (χ4n) is 3.28. The van der Waals surface area contributed by atoms with Gasteiger partial charge in [0.2, 0.25) is 0 Å². The van der Waals surface area contributed by atoms with Crippen LogP contribution in [0.5, 0.6) is 5.75 Å². The third kappa shape index (κ3) is 6.13. The summed E-state index contributed by atoms with van der Waals surface area (Å²) in [4.78, 5) is 14.7. The summed E-state index contributed by atoms with van der Waals surface area (Å²) in [6, 6.07) is 15.0. The van der Waals surface area contributed by atoms with Crippen molar-refractivity contribution < 1.29 is 9.53 Å². The summed E-state index contributed by atoms with van der Waals surface area (Å²) in [5, 5.41) is 3.93. The molecule has 1 saturated heterocycles. The van der Waals surface area contributed by atoms with Gasteiger partial charge in [0.1, 0.15) is 12.4 Å². The number of piperidine rings is 1. The number of benzene rings is 2. The molecule has 0 unspecified atom stereocenters. The van der Waals surface area contributed by atoms with Crippen molar-refractivity contribution in [2.75, 3.05) is 26.7 Å². The maximum atomic E-state index is 12.8. The molecule has 1 aliphatic heterocycles. The van der Waals surface area contributed by atoms with E-state index in [4.69, 9.17) is 16.3 Å². The van der Waals surface area contributed by atoms with Gasteiger partial charge in [-0.05, 0) is 68.2 Å². The van der Waals surface area contributed by atoms with E-state index in [1.165, 1.54) is 0 Å². The van der Waals surface area contributed by atoms with E-state index in [0.717, 1.165) is 38.0 Å². The smallest absolute Gasteiger partial charge is 0.253 e. The summed E-state index contributed by atoms with van der Waals surface area (Å²) in [7, 11) is 1.98. The first-order chi connectivity index (χ1) is 12.7. The minimum Gasteiger partial charge on any atom is -0.489 e. The minimum absolute atomic E-state index is 0. The molecule has 0 atom stereocenters. The lowest BCUT2D eigenvalue weighted by Gasteiger charge is -2.32. The van der Waals surface area contributed by atoms with E-state index < -0.39 is 0 Å². The molecule has 4 nitrogen and oxygen atoms in total. The van der Waals surface area contributed by atoms with Crippen molar-refractivity contribution in [1.82, 2.24) is 10.2 Å². The van der Waals surface area contributed by atoms with Crippen LogP contribution in [-0.4, -0.2) is 37.5 Å². The number of amides is 1. The van der Waals surface area contributed by atoms with Gasteiger partial charge >= 0.3 is 0 Å². The van der Waals surface area contributed by atoms with Crippen molar-refractivity contribution in [2.45, 2.75) is 19.4 Å². The van der Waals surface area contributed by atoms with Crippen LogP contribution in [-0.2, 0) is 6.61 Å². The Morgan fingerprint density at radius 2 is 1.89 bits per heavy atom. The third-order valence-electron chi connectivity index (χ3n) is 4.79. The van der Waals surface area contributed by atoms with Crippen molar-refractivity contribution in [2.24, 2.45) is 5.92 Å². The van der Waals surface area contributed by atoms with Crippen LogP contribution in [0.1, 0.15) is 28.8 Å². The molecule has 0 radical (unpaired) electrons. The molecule has 2 aromatic carbocycles. The second kappa shape index (κ2) is 10.5. The molecule has 1 aliphatic rings. The lowest BCUT2D eigenvalue weighted by Crippen LogP contribution is -2.40. The van der Waals surface area contributed by atoms with Crippen molar-refractivity contribution in [3.63, 3.8) is 0 Å². The van der Waals surface area contributed by atoms with E-state index in [1.807, 2.05) is 60.5 Å². The van der Waals surface area contributed by atoms with Crippen LogP contribution in [0.4, 0.5) is 0 Å². The number of ether oxygens (including phenoxy) is 1. The highest BCUT2D eigenvalue weighted by Crippen LogP contribution is 2.21. The Kier molecular flexibility index (Phi) is 8.42. The maximum Gasteiger partial charge on any atom is 0.253 e. The molecular formula is C21H26Cl2N2O2. The zero-order valence-corrected chi connectivity index (χ0v) is 17.1. The Bertz CT molecular complexity index is 729. The van der Waals surface area contributed by atoms with E-state index in [1.54, 1.807) is 0 Å². The van der Waals surface area contributed by atoms with Crippen LogP contribution in [0, 0.1) is 5.92 Å². The first kappa shape index (κ1) is 21.5. The number of carbonyl (C=O) groups is 1. The molecule has 0 saturated carbocycles. The maximum absolute atomic E-state index is 12.8. The van der Waals surface area contributed by atoms with Gasteiger partial charge in [0.25, 0.3) is 5.91 Å². The largest absolute Gasteiger partial charge is 0.489 e. The molecule has 146 valence electrons. The summed E-state index contributed by atoms with van der Waals surface area (Å²) in [5.74, 6) is 1.46. The van der Waals surface area contributed by atoms with Gasteiger partial charge < -0.3 is 15.0 Å². The summed E-state index contributed by atoms with van der Waals surface area (Å²) in [6.45, 7) is 3.11. The lowest BCUT2D eigenvalue weighted by atomic mass is 9.96. The van der Waals surface area contributed by atoms with Gasteiger partial charge in [-0.3, -0.25) is 4.79 Å². The first-order valence-electron chi connectivity index (χ1n) is 9.07. The molecule has 27 heavy (non-hydrogen) atoms. The predicted octanol–water partition coefficient (Wildman–Crippen LogP) is 4.41. The average Bonchev–Trinajstić information content (AvgIpc) is 2.68. The fourth-order valence-corrected chi connectivity index (χ4v) is 3.40. The van der Waals surface area contributed by atoms with Crippen molar-refractivity contribution in [3.8, 4) is 5.75 Å². The van der Waals surface area contributed by atoms with Gasteiger partial charge in [-0.15, -0.1) is 12.4 Å². The molecule has 0 aliphatic carbocycles. The van der Waals surface area contributed by atoms with E-state index >= 15 is 0 Å². The second-order valence-corrected chi connectivity index (χ2v) is 7.17. The predicted molar refractivity (Wildman–Crippen MR) is 112 cm³/mol. The van der Waals surface area contributed by atoms with Crippen LogP contribution in [0.25, 0.3) is 0 Å². The van der Waals surface area contributed by atoms with Crippen molar-refractivity contribution in [1.29, 1.82) is 0 Å². The number of nitrogens with zero attached hydrogens (tertiary/aromatic N) is 1. The molecular weight excluding hydrogens is 383 g/mol. The molecule has 6 heteroatoms. The lowest BCUT2D eigenvalue weighted by molar-refractivity contribution is 0.0690. The molecule has 3 rings (SSSR count). The van der Waals surface area contributed by atoms with Crippen LogP contribution >= 0.6 is 24.0 Å². The van der Waals surface area contributed by atoms with Crippen LogP contribution < -0.4 is 10.1 Å². The fraction of sp³-hybridized carbons (Fsp3) is 0.381. The van der Waals surface area contributed by atoms with Gasteiger partial charge in [0.15, 0.2) is 0 Å². The Morgan fingerprint density at radius 1 is 1.19 bits per heavy atom. The number of rotatable bonds is 6. The van der Waals surface area contributed by atoms with Gasteiger partial charge in [-0.1, -0.05) is 29.8 Å². The van der Waals surface area contributed by atoms with Crippen molar-refractivity contribution >= 4 is 29.9 Å². The highest BCUT2D eigenvalue weighted by molar-refractivity contribution is 6.30. The Hall–Kier alpha value is -1.75. The third-order valence-corrected chi connectivity index (χ3v) is 5.05. The summed E-state index contributed by atoms with van der Waals surface area (Å²) in [5.41, 5.74) is 1.73. The highest BCUT2D eigenvalue weighted by Gasteiger charge is 2.23. The standard InChI is InChI=1S/C21H25ClN2O2.ClH/c1-23-14-16-9-11-24(12-10-16)21(25)18-3-2-4-20(13-18)26-15-17-5-7-19(22)8-6-17;/h2-8,13,16,23H,9-12,14-15H2,1H3;1H. The molecule has 0 aromatic heterocycles. The normalized spacial score (nSPS) is 14.5. The van der Waals surface area contributed by atoms with Gasteiger partial charge in [0.05, 0.1) is 0 Å². The average molecular weight is 409 g/mol. The zero-order valence-electron chi connectivity index (χ0n) is 15.5. The van der Waals surface area contributed by atoms with Crippen molar-refractivity contribution in [3.05, 3.63) is 64.7 Å². The highest BCUT2D eigenvalue weighted by atomic mass is 35.5. The molecule has 1 heterocycles. The summed E-state index contributed by atoms with van der Waals surface area (Å²) < 4.78 is 5.84. The molecule has 1 N–H and O–H groups in total. The topological polar surface area (TPSA) is 41.6 Å². The number of halogens is 2.